The fourth-order valence-electron chi connectivity index (χ4n) is 3.33. The largest absolute Gasteiger partial charge is 0.324 e. The number of aryl methyl sites for hydroxylation is 2. The summed E-state index contributed by atoms with van der Waals surface area (Å²) in [6.07, 6.45) is 3.84. The quantitative estimate of drug-likeness (QED) is 0.721. The summed E-state index contributed by atoms with van der Waals surface area (Å²) >= 11 is 0. The summed E-state index contributed by atoms with van der Waals surface area (Å²) in [7, 11) is 0. The molecule has 1 N–H and O–H groups in total. The van der Waals surface area contributed by atoms with Gasteiger partial charge in [0, 0.05) is 5.70 Å². The van der Waals surface area contributed by atoms with E-state index >= 15 is 0 Å². The summed E-state index contributed by atoms with van der Waals surface area (Å²) in [5, 5.41) is 7.85. The van der Waals surface area contributed by atoms with Crippen molar-refractivity contribution in [2.45, 2.75) is 39.7 Å². The van der Waals surface area contributed by atoms with E-state index in [4.69, 9.17) is 0 Å². The van der Waals surface area contributed by atoms with Crippen LogP contribution in [0.25, 0.3) is 5.70 Å². The lowest BCUT2D eigenvalue weighted by atomic mass is 9.96. The van der Waals surface area contributed by atoms with Crippen LogP contribution in [0.15, 0.2) is 54.9 Å². The number of benzene rings is 2. The molecule has 26 heavy (non-hydrogen) atoms. The molecule has 4 nitrogen and oxygen atoms in total. The minimum atomic E-state index is 0.0339. The number of fused-ring (bicyclic) bond motifs is 1. The number of hydrogen-bond donors (Lipinski definition) is 1. The highest BCUT2D eigenvalue weighted by molar-refractivity contribution is 5.77. The highest BCUT2D eigenvalue weighted by Crippen LogP contribution is 2.32. The van der Waals surface area contributed by atoms with Gasteiger partial charge in [0.1, 0.15) is 12.4 Å². The van der Waals surface area contributed by atoms with Crippen molar-refractivity contribution in [3.8, 4) is 0 Å². The third-order valence-electron chi connectivity index (χ3n) is 5.17. The van der Waals surface area contributed by atoms with E-state index in [1.54, 1.807) is 6.33 Å². The molecule has 0 spiro atoms. The van der Waals surface area contributed by atoms with Crippen molar-refractivity contribution in [1.82, 2.24) is 14.8 Å². The van der Waals surface area contributed by atoms with Crippen LogP contribution in [0.5, 0.6) is 0 Å². The number of hydrogen-bond acceptors (Lipinski definition) is 3. The molecule has 132 valence electrons. The summed E-state index contributed by atoms with van der Waals surface area (Å²) in [6.45, 7) is 8.71. The second kappa shape index (κ2) is 6.45. The van der Waals surface area contributed by atoms with Crippen molar-refractivity contribution in [2.75, 3.05) is 5.32 Å². The van der Waals surface area contributed by atoms with Crippen molar-refractivity contribution in [1.29, 1.82) is 0 Å². The van der Waals surface area contributed by atoms with E-state index in [9.17, 15) is 0 Å². The zero-order chi connectivity index (χ0) is 18.3. The minimum absolute atomic E-state index is 0.0339. The molecule has 0 unspecified atom stereocenters. The first kappa shape index (κ1) is 16.6. The van der Waals surface area contributed by atoms with Gasteiger partial charge in [-0.2, -0.15) is 10.1 Å². The lowest BCUT2D eigenvalue weighted by molar-refractivity contribution is 0.611. The average molecular weight is 344 g/mol. The van der Waals surface area contributed by atoms with Crippen LogP contribution in [0.3, 0.4) is 0 Å². The predicted octanol–water partition coefficient (Wildman–Crippen LogP) is 5.07. The smallest absolute Gasteiger partial charge is 0.226 e. The lowest BCUT2D eigenvalue weighted by Crippen LogP contribution is -2.20. The maximum absolute atomic E-state index is 4.43. The summed E-state index contributed by atoms with van der Waals surface area (Å²) in [5.41, 5.74) is 7.39. The van der Waals surface area contributed by atoms with Gasteiger partial charge in [0.05, 0.1) is 0 Å². The van der Waals surface area contributed by atoms with Crippen LogP contribution in [0, 0.1) is 13.8 Å². The van der Waals surface area contributed by atoms with E-state index in [2.05, 4.69) is 91.6 Å². The van der Waals surface area contributed by atoms with Crippen LogP contribution < -0.4 is 5.32 Å². The van der Waals surface area contributed by atoms with Gasteiger partial charge in [0.25, 0.3) is 0 Å². The number of anilines is 1. The molecule has 0 saturated heterocycles. The van der Waals surface area contributed by atoms with Crippen LogP contribution in [0.1, 0.15) is 53.6 Å². The Hall–Kier alpha value is -2.88. The van der Waals surface area contributed by atoms with Crippen molar-refractivity contribution in [2.24, 2.45) is 0 Å². The van der Waals surface area contributed by atoms with Gasteiger partial charge in [-0.05, 0) is 59.7 Å². The average Bonchev–Trinajstić information content (AvgIpc) is 3.12. The molecule has 0 amide bonds. The molecule has 2 heterocycles. The SMILES string of the molecule is Cc1ccc(C2=C[C@@H](c3ccc(C(C)C)cc3)n3ncnc3N2)cc1C. The van der Waals surface area contributed by atoms with Crippen molar-refractivity contribution in [3.05, 3.63) is 82.7 Å². The van der Waals surface area contributed by atoms with E-state index in [0.29, 0.717) is 5.92 Å². The van der Waals surface area contributed by atoms with Crippen LogP contribution in [0.2, 0.25) is 0 Å². The predicted molar refractivity (Wildman–Crippen MR) is 106 cm³/mol. The molecule has 1 aliphatic rings. The molecule has 4 heteroatoms. The molecular weight excluding hydrogens is 320 g/mol. The fourth-order valence-corrected chi connectivity index (χ4v) is 3.33. The topological polar surface area (TPSA) is 42.7 Å². The van der Waals surface area contributed by atoms with Gasteiger partial charge >= 0.3 is 0 Å². The van der Waals surface area contributed by atoms with Crippen molar-refractivity contribution >= 4 is 11.6 Å². The molecule has 3 aromatic rings. The first-order chi connectivity index (χ1) is 12.5. The van der Waals surface area contributed by atoms with E-state index < -0.39 is 0 Å². The maximum atomic E-state index is 4.43. The Morgan fingerprint density at radius 1 is 1.00 bits per heavy atom. The van der Waals surface area contributed by atoms with Gasteiger partial charge < -0.3 is 5.32 Å². The highest BCUT2D eigenvalue weighted by Gasteiger charge is 2.23. The van der Waals surface area contributed by atoms with Gasteiger partial charge in [-0.1, -0.05) is 50.2 Å². The molecule has 0 fully saturated rings. The standard InChI is InChI=1S/C22H24N4/c1-14(2)17-7-9-18(10-8-17)21-12-20(25-22-23-13-24-26(21)22)19-6-5-15(3)16(4)11-19/h5-14,21H,1-4H3,(H,23,24,25)/t21-/m0/s1. The third kappa shape index (κ3) is 2.92. The number of nitrogens with zero attached hydrogens (tertiary/aromatic N) is 3. The van der Waals surface area contributed by atoms with Crippen molar-refractivity contribution in [3.63, 3.8) is 0 Å². The molecule has 0 aliphatic carbocycles. The molecule has 0 radical (unpaired) electrons. The molecular formula is C22H24N4. The fraction of sp³-hybridized carbons (Fsp3) is 0.273. The number of nitrogens with one attached hydrogen (secondary N) is 1. The molecule has 1 atom stereocenters. The molecule has 1 aromatic heterocycles. The normalized spacial score (nSPS) is 16.2. The number of rotatable bonds is 3. The molecule has 0 saturated carbocycles. The van der Waals surface area contributed by atoms with Gasteiger partial charge in [-0.15, -0.1) is 0 Å². The van der Waals surface area contributed by atoms with Gasteiger partial charge in [-0.3, -0.25) is 0 Å². The Bertz CT molecular complexity index is 964. The van der Waals surface area contributed by atoms with Gasteiger partial charge in [0.2, 0.25) is 5.95 Å². The maximum Gasteiger partial charge on any atom is 0.226 e. The van der Waals surface area contributed by atoms with Crippen LogP contribution in [0.4, 0.5) is 5.95 Å². The zero-order valence-corrected chi connectivity index (χ0v) is 15.7. The number of allylic oxidation sites excluding steroid dienone is 1. The minimum Gasteiger partial charge on any atom is -0.324 e. The summed E-state index contributed by atoms with van der Waals surface area (Å²) < 4.78 is 1.94. The van der Waals surface area contributed by atoms with Crippen LogP contribution in [-0.2, 0) is 0 Å². The Labute approximate surface area is 154 Å². The molecule has 2 aromatic carbocycles. The van der Waals surface area contributed by atoms with E-state index in [0.717, 1.165) is 11.6 Å². The Morgan fingerprint density at radius 2 is 1.77 bits per heavy atom. The van der Waals surface area contributed by atoms with Crippen LogP contribution >= 0.6 is 0 Å². The first-order valence-electron chi connectivity index (χ1n) is 9.09. The van der Waals surface area contributed by atoms with Crippen LogP contribution in [-0.4, -0.2) is 14.8 Å². The zero-order valence-electron chi connectivity index (χ0n) is 15.7. The Morgan fingerprint density at radius 3 is 2.46 bits per heavy atom. The molecule has 0 bridgehead atoms. The molecule has 1 aliphatic heterocycles. The molecule has 4 rings (SSSR count). The second-order valence-electron chi connectivity index (χ2n) is 7.30. The Kier molecular flexibility index (Phi) is 4.11. The summed E-state index contributed by atoms with van der Waals surface area (Å²) in [4.78, 5) is 4.39. The summed E-state index contributed by atoms with van der Waals surface area (Å²) in [5.74, 6) is 1.30. The first-order valence-corrected chi connectivity index (χ1v) is 9.09. The van der Waals surface area contributed by atoms with Gasteiger partial charge in [-0.25, -0.2) is 4.68 Å². The third-order valence-corrected chi connectivity index (χ3v) is 5.17. The second-order valence-corrected chi connectivity index (χ2v) is 7.30. The Balaban J connectivity index is 1.76. The number of aromatic nitrogens is 3. The monoisotopic (exact) mass is 344 g/mol. The lowest BCUT2D eigenvalue weighted by Gasteiger charge is -2.25. The summed E-state index contributed by atoms with van der Waals surface area (Å²) in [6, 6.07) is 15.4. The van der Waals surface area contributed by atoms with E-state index in [1.807, 2.05) is 4.68 Å². The van der Waals surface area contributed by atoms with E-state index in [1.165, 1.54) is 27.8 Å². The van der Waals surface area contributed by atoms with Crippen molar-refractivity contribution < 1.29 is 0 Å². The van der Waals surface area contributed by atoms with E-state index in [-0.39, 0.29) is 6.04 Å². The van der Waals surface area contributed by atoms with Gasteiger partial charge in [0.15, 0.2) is 0 Å². The highest BCUT2D eigenvalue weighted by atomic mass is 15.4.